The highest BCUT2D eigenvalue weighted by atomic mass is 32.2. The van der Waals surface area contributed by atoms with E-state index in [1.807, 2.05) is 0 Å². The summed E-state index contributed by atoms with van der Waals surface area (Å²) in [5, 5.41) is 16.6. The summed E-state index contributed by atoms with van der Waals surface area (Å²) in [4.78, 5) is 0. The predicted octanol–water partition coefficient (Wildman–Crippen LogP) is 4.43. The largest absolute Gasteiger partial charge is 0.405 e. The van der Waals surface area contributed by atoms with Crippen LogP contribution in [0, 0.1) is 33.5 Å². The maximum atomic E-state index is 13.1. The van der Waals surface area contributed by atoms with Crippen LogP contribution < -0.4 is 0 Å². The van der Waals surface area contributed by atoms with Crippen molar-refractivity contribution in [2.45, 2.75) is 49.5 Å². The van der Waals surface area contributed by atoms with E-state index in [0.717, 1.165) is 23.9 Å². The van der Waals surface area contributed by atoms with Gasteiger partial charge in [0, 0.05) is 10.00 Å². The molecule has 1 fully saturated rings. The molecule has 118 valence electrons. The molecule has 1 rings (SSSR count). The van der Waals surface area contributed by atoms with E-state index in [9.17, 15) is 26.3 Å². The standard InChI is InChI=1S/C12H12F6N2S/c1-8(2,3)21-7-4-10(11(13,14)15,12(16,17)18)9(7,5-19)6-20/h7H,4H2,1-3H3. The van der Waals surface area contributed by atoms with Crippen molar-refractivity contribution in [2.75, 3.05) is 0 Å². The van der Waals surface area contributed by atoms with Crippen LogP contribution in [0.2, 0.25) is 0 Å². The first-order chi connectivity index (χ1) is 9.18. The molecular formula is C12H12F6N2S. The lowest BCUT2D eigenvalue weighted by Crippen LogP contribution is -2.72. The summed E-state index contributed by atoms with van der Waals surface area (Å²) in [6.45, 7) is 4.79. The molecule has 2 nitrogen and oxygen atoms in total. The van der Waals surface area contributed by atoms with Crippen molar-refractivity contribution in [3.8, 4) is 12.1 Å². The van der Waals surface area contributed by atoms with Gasteiger partial charge in [0.05, 0.1) is 12.1 Å². The summed E-state index contributed by atoms with van der Waals surface area (Å²) in [6.07, 6.45) is -12.7. The quantitative estimate of drug-likeness (QED) is 0.668. The van der Waals surface area contributed by atoms with Crippen LogP contribution in [0.15, 0.2) is 0 Å². The molecule has 9 heteroatoms. The zero-order valence-electron chi connectivity index (χ0n) is 11.4. The summed E-state index contributed by atoms with van der Waals surface area (Å²) in [7, 11) is 0. The fraction of sp³-hybridized carbons (Fsp3) is 0.833. The third-order valence-corrected chi connectivity index (χ3v) is 4.98. The van der Waals surface area contributed by atoms with Crippen molar-refractivity contribution in [3.05, 3.63) is 0 Å². The SMILES string of the molecule is CC(C)(C)SC1CC(C(F)(F)F)(C(F)(F)F)C1(C#N)C#N. The Bertz CT molecular complexity index is 474. The molecular weight excluding hydrogens is 318 g/mol. The number of hydrogen-bond acceptors (Lipinski definition) is 3. The maximum Gasteiger partial charge on any atom is 0.405 e. The van der Waals surface area contributed by atoms with Crippen molar-refractivity contribution in [2.24, 2.45) is 10.8 Å². The molecule has 0 aromatic carbocycles. The van der Waals surface area contributed by atoms with Crippen LogP contribution in [-0.4, -0.2) is 22.3 Å². The Morgan fingerprint density at radius 2 is 1.33 bits per heavy atom. The van der Waals surface area contributed by atoms with E-state index in [1.54, 1.807) is 20.8 Å². The third kappa shape index (κ3) is 2.36. The Hall–Kier alpha value is -1.09. The first-order valence-corrected chi connectivity index (χ1v) is 6.70. The van der Waals surface area contributed by atoms with Gasteiger partial charge in [0.15, 0.2) is 10.8 Å². The third-order valence-electron chi connectivity index (χ3n) is 3.46. The van der Waals surface area contributed by atoms with Gasteiger partial charge in [-0.3, -0.25) is 0 Å². The molecule has 1 aliphatic rings. The molecule has 0 bridgehead atoms. The number of halogens is 6. The normalized spacial score (nSPS) is 24.6. The van der Waals surface area contributed by atoms with Gasteiger partial charge in [-0.25, -0.2) is 0 Å². The monoisotopic (exact) mass is 330 g/mol. The van der Waals surface area contributed by atoms with Crippen LogP contribution in [0.25, 0.3) is 0 Å². The number of rotatable bonds is 1. The molecule has 0 radical (unpaired) electrons. The molecule has 0 amide bonds. The summed E-state index contributed by atoms with van der Waals surface area (Å²) in [6, 6.07) is 2.04. The van der Waals surface area contributed by atoms with Crippen molar-refractivity contribution in [1.29, 1.82) is 10.5 Å². The molecule has 0 saturated heterocycles. The van der Waals surface area contributed by atoms with Crippen molar-refractivity contribution in [3.63, 3.8) is 0 Å². The molecule has 1 saturated carbocycles. The minimum atomic E-state index is -5.72. The van der Waals surface area contributed by atoms with Gasteiger partial charge in [-0.05, 0) is 6.42 Å². The van der Waals surface area contributed by atoms with Crippen LogP contribution in [0.1, 0.15) is 27.2 Å². The molecule has 1 unspecified atom stereocenters. The second-order valence-corrected chi connectivity index (χ2v) is 7.88. The smallest absolute Gasteiger partial charge is 0.196 e. The van der Waals surface area contributed by atoms with E-state index < -0.39 is 39.6 Å². The molecule has 0 N–H and O–H groups in total. The van der Waals surface area contributed by atoms with Gasteiger partial charge in [-0.2, -0.15) is 36.9 Å². The molecule has 1 atom stereocenters. The van der Waals surface area contributed by atoms with Crippen LogP contribution in [0.5, 0.6) is 0 Å². The van der Waals surface area contributed by atoms with Gasteiger partial charge in [0.2, 0.25) is 0 Å². The zero-order chi connectivity index (χ0) is 16.9. The highest BCUT2D eigenvalue weighted by Gasteiger charge is 2.88. The van der Waals surface area contributed by atoms with Gasteiger partial charge in [0.25, 0.3) is 0 Å². The van der Waals surface area contributed by atoms with Crippen molar-refractivity contribution >= 4 is 11.8 Å². The Morgan fingerprint density at radius 1 is 0.952 bits per heavy atom. The Morgan fingerprint density at radius 3 is 1.57 bits per heavy atom. The molecule has 0 spiro atoms. The zero-order valence-corrected chi connectivity index (χ0v) is 12.2. The highest BCUT2D eigenvalue weighted by molar-refractivity contribution is 8.01. The van der Waals surface area contributed by atoms with Crippen LogP contribution in [-0.2, 0) is 0 Å². The summed E-state index contributed by atoms with van der Waals surface area (Å²) in [5.74, 6) is 0. The number of thioether (sulfide) groups is 1. The number of hydrogen-bond donors (Lipinski definition) is 0. The van der Waals surface area contributed by atoms with Gasteiger partial charge in [-0.15, -0.1) is 11.8 Å². The number of nitrogens with zero attached hydrogens (tertiary/aromatic N) is 2. The van der Waals surface area contributed by atoms with E-state index in [4.69, 9.17) is 10.5 Å². The lowest BCUT2D eigenvalue weighted by Gasteiger charge is -2.57. The van der Waals surface area contributed by atoms with Gasteiger partial charge in [-0.1, -0.05) is 20.8 Å². The second kappa shape index (κ2) is 4.70. The second-order valence-electron chi connectivity index (χ2n) is 5.86. The molecule has 0 aromatic heterocycles. The number of nitriles is 2. The molecule has 1 aliphatic carbocycles. The van der Waals surface area contributed by atoms with Gasteiger partial charge < -0.3 is 0 Å². The van der Waals surface area contributed by atoms with Crippen molar-refractivity contribution < 1.29 is 26.3 Å². The lowest BCUT2D eigenvalue weighted by atomic mass is 9.49. The number of alkyl halides is 6. The van der Waals surface area contributed by atoms with E-state index in [2.05, 4.69) is 0 Å². The average Bonchev–Trinajstić information content (AvgIpc) is 2.20. The lowest BCUT2D eigenvalue weighted by molar-refractivity contribution is -0.389. The Kier molecular flexibility index (Phi) is 4.02. The summed E-state index contributed by atoms with van der Waals surface area (Å²) >= 11 is 0.789. The molecule has 21 heavy (non-hydrogen) atoms. The predicted molar refractivity (Wildman–Crippen MR) is 64.0 cm³/mol. The van der Waals surface area contributed by atoms with E-state index >= 15 is 0 Å². The first kappa shape index (κ1) is 18.0. The summed E-state index contributed by atoms with van der Waals surface area (Å²) < 4.78 is 77.9. The topological polar surface area (TPSA) is 47.6 Å². The minimum Gasteiger partial charge on any atom is -0.196 e. The summed E-state index contributed by atoms with van der Waals surface area (Å²) in [5.41, 5.74) is -7.46. The van der Waals surface area contributed by atoms with E-state index in [1.165, 1.54) is 0 Å². The van der Waals surface area contributed by atoms with Gasteiger partial charge >= 0.3 is 12.4 Å². The molecule has 0 aliphatic heterocycles. The average molecular weight is 330 g/mol. The van der Waals surface area contributed by atoms with Crippen molar-refractivity contribution in [1.82, 2.24) is 0 Å². The fourth-order valence-corrected chi connectivity index (χ4v) is 4.16. The first-order valence-electron chi connectivity index (χ1n) is 5.82. The van der Waals surface area contributed by atoms with Gasteiger partial charge in [0.1, 0.15) is 0 Å². The van der Waals surface area contributed by atoms with Crippen LogP contribution in [0.3, 0.4) is 0 Å². The fourth-order valence-electron chi connectivity index (χ4n) is 2.49. The maximum absolute atomic E-state index is 13.1. The van der Waals surface area contributed by atoms with E-state index in [-0.39, 0.29) is 0 Å². The molecule has 0 heterocycles. The Labute approximate surface area is 122 Å². The van der Waals surface area contributed by atoms with Crippen LogP contribution >= 0.6 is 11.8 Å². The van der Waals surface area contributed by atoms with E-state index in [0.29, 0.717) is 0 Å². The minimum absolute atomic E-state index is 0.674. The van der Waals surface area contributed by atoms with Crippen LogP contribution in [0.4, 0.5) is 26.3 Å². The highest BCUT2D eigenvalue weighted by Crippen LogP contribution is 2.73. The Balaban J connectivity index is 3.46. The molecule has 0 aromatic rings.